The smallest absolute Gasteiger partial charge is 0.253 e. The van der Waals surface area contributed by atoms with Crippen LogP contribution in [0.5, 0.6) is 0 Å². The van der Waals surface area contributed by atoms with Crippen molar-refractivity contribution in [3.05, 3.63) is 35.9 Å². The number of rotatable bonds is 3. The van der Waals surface area contributed by atoms with Crippen LogP contribution in [0.15, 0.2) is 30.3 Å². The maximum atomic E-state index is 13.0. The lowest BCUT2D eigenvalue weighted by atomic mass is 9.97. The van der Waals surface area contributed by atoms with Gasteiger partial charge in [-0.25, -0.2) is 8.78 Å². The molecule has 94 valence electrons. The quantitative estimate of drug-likeness (QED) is 0.774. The molecular formula is C14H19F2N. The van der Waals surface area contributed by atoms with Crippen molar-refractivity contribution in [1.29, 1.82) is 0 Å². The first kappa shape index (κ1) is 12.5. The minimum absolute atomic E-state index is 0.0792. The van der Waals surface area contributed by atoms with Crippen LogP contribution in [0.3, 0.4) is 0 Å². The van der Waals surface area contributed by atoms with Crippen LogP contribution < -0.4 is 0 Å². The number of hydrogen-bond acceptors (Lipinski definition) is 1. The summed E-state index contributed by atoms with van der Waals surface area (Å²) in [7, 11) is 0. The molecule has 1 heterocycles. The molecule has 1 aliphatic heterocycles. The van der Waals surface area contributed by atoms with Crippen LogP contribution in [0.1, 0.15) is 37.8 Å². The molecule has 0 N–H and O–H groups in total. The molecule has 0 spiro atoms. The van der Waals surface area contributed by atoms with E-state index in [1.165, 1.54) is 0 Å². The van der Waals surface area contributed by atoms with Gasteiger partial charge in [0.1, 0.15) is 0 Å². The zero-order chi connectivity index (χ0) is 12.3. The second-order valence-corrected chi connectivity index (χ2v) is 4.72. The van der Waals surface area contributed by atoms with Gasteiger partial charge in [0.15, 0.2) is 0 Å². The summed E-state index contributed by atoms with van der Waals surface area (Å²) in [4.78, 5) is 1.96. The highest BCUT2D eigenvalue weighted by atomic mass is 19.3. The molecule has 0 unspecified atom stereocenters. The van der Waals surface area contributed by atoms with Gasteiger partial charge in [-0.3, -0.25) is 4.90 Å². The first-order chi connectivity index (χ1) is 8.20. The van der Waals surface area contributed by atoms with Gasteiger partial charge >= 0.3 is 0 Å². The molecule has 1 aliphatic rings. The van der Waals surface area contributed by atoms with Crippen molar-refractivity contribution < 1.29 is 8.78 Å². The molecule has 3 heteroatoms. The van der Waals surface area contributed by atoms with Crippen LogP contribution in [-0.4, -0.2) is 23.9 Å². The molecule has 1 aromatic rings. The Hall–Kier alpha value is -0.960. The third-order valence-corrected chi connectivity index (χ3v) is 3.66. The Morgan fingerprint density at radius 1 is 1.18 bits per heavy atom. The fourth-order valence-corrected chi connectivity index (χ4v) is 2.65. The Bertz CT molecular complexity index is 339. The zero-order valence-electron chi connectivity index (χ0n) is 10.2. The van der Waals surface area contributed by atoms with Gasteiger partial charge in [0.2, 0.25) is 0 Å². The molecule has 2 atom stereocenters. The van der Waals surface area contributed by atoms with E-state index in [0.29, 0.717) is 6.42 Å². The highest BCUT2D eigenvalue weighted by molar-refractivity contribution is 5.18. The fraction of sp³-hybridized carbons (Fsp3) is 0.571. The minimum atomic E-state index is -2.23. The number of alkyl halides is 2. The average Bonchev–Trinajstić information content (AvgIpc) is 2.39. The first-order valence-electron chi connectivity index (χ1n) is 6.29. The van der Waals surface area contributed by atoms with Crippen LogP contribution >= 0.6 is 0 Å². The van der Waals surface area contributed by atoms with Crippen molar-refractivity contribution in [1.82, 2.24) is 4.90 Å². The lowest BCUT2D eigenvalue weighted by molar-refractivity contribution is -0.0150. The van der Waals surface area contributed by atoms with Gasteiger partial charge in [-0.1, -0.05) is 36.8 Å². The van der Waals surface area contributed by atoms with Crippen LogP contribution in [-0.2, 0) is 0 Å². The maximum Gasteiger partial charge on any atom is 0.253 e. The molecule has 0 amide bonds. The highest BCUT2D eigenvalue weighted by Gasteiger charge is 2.33. The topological polar surface area (TPSA) is 3.24 Å². The van der Waals surface area contributed by atoms with E-state index >= 15 is 0 Å². The predicted octanol–water partition coefficient (Wildman–Crippen LogP) is 3.87. The summed E-state index contributed by atoms with van der Waals surface area (Å²) >= 11 is 0. The number of halogens is 2. The molecule has 1 saturated heterocycles. The summed E-state index contributed by atoms with van der Waals surface area (Å²) in [6.07, 6.45) is 0.337. The third-order valence-electron chi connectivity index (χ3n) is 3.66. The van der Waals surface area contributed by atoms with Crippen molar-refractivity contribution in [2.24, 2.45) is 0 Å². The van der Waals surface area contributed by atoms with Gasteiger partial charge < -0.3 is 0 Å². The van der Waals surface area contributed by atoms with E-state index in [4.69, 9.17) is 0 Å². The van der Waals surface area contributed by atoms with Crippen molar-refractivity contribution in [2.45, 2.75) is 44.7 Å². The number of benzene rings is 1. The predicted molar refractivity (Wildman–Crippen MR) is 65.2 cm³/mol. The summed E-state index contributed by atoms with van der Waals surface area (Å²) in [5.74, 6) is 0. The maximum absolute atomic E-state index is 13.0. The normalized spacial score (nSPS) is 23.9. The van der Waals surface area contributed by atoms with Gasteiger partial charge in [0.05, 0.1) is 6.04 Å². The van der Waals surface area contributed by atoms with E-state index in [9.17, 15) is 8.78 Å². The summed E-state index contributed by atoms with van der Waals surface area (Å²) in [5.41, 5.74) is 1.13. The van der Waals surface area contributed by atoms with E-state index in [1.54, 1.807) is 0 Å². The standard InChI is InChI=1S/C14H19F2N/c1-11(12-7-3-2-4-8-12)17-10-6-5-9-13(17)14(15)16/h2-4,7-8,11,13-14H,5-6,9-10H2,1H3/t11-,13-/m1/s1. The summed E-state index contributed by atoms with van der Waals surface area (Å²) in [6.45, 7) is 2.81. The molecule has 1 fully saturated rings. The van der Waals surface area contributed by atoms with E-state index in [2.05, 4.69) is 0 Å². The van der Waals surface area contributed by atoms with Crippen LogP contribution in [0.25, 0.3) is 0 Å². The number of likely N-dealkylation sites (tertiary alicyclic amines) is 1. The Labute approximate surface area is 101 Å². The molecule has 0 radical (unpaired) electrons. The Morgan fingerprint density at radius 3 is 2.53 bits per heavy atom. The summed E-state index contributed by atoms with van der Waals surface area (Å²) < 4.78 is 26.0. The SMILES string of the molecule is C[C@H](c1ccccc1)N1CCCC[C@@H]1C(F)F. The van der Waals surface area contributed by atoms with Crippen LogP contribution in [0, 0.1) is 0 Å². The van der Waals surface area contributed by atoms with Gasteiger partial charge in [-0.15, -0.1) is 0 Å². The molecule has 0 bridgehead atoms. The summed E-state index contributed by atoms with van der Waals surface area (Å²) in [5, 5.41) is 0. The number of hydrogen-bond donors (Lipinski definition) is 0. The second-order valence-electron chi connectivity index (χ2n) is 4.72. The molecule has 0 aliphatic carbocycles. The molecule has 17 heavy (non-hydrogen) atoms. The van der Waals surface area contributed by atoms with E-state index in [0.717, 1.165) is 24.9 Å². The Morgan fingerprint density at radius 2 is 1.88 bits per heavy atom. The van der Waals surface area contributed by atoms with Gasteiger partial charge in [-0.2, -0.15) is 0 Å². The van der Waals surface area contributed by atoms with Crippen molar-refractivity contribution >= 4 is 0 Å². The average molecular weight is 239 g/mol. The lowest BCUT2D eigenvalue weighted by Gasteiger charge is -2.39. The van der Waals surface area contributed by atoms with Crippen molar-refractivity contribution in [3.63, 3.8) is 0 Å². The highest BCUT2D eigenvalue weighted by Crippen LogP contribution is 2.30. The fourth-order valence-electron chi connectivity index (χ4n) is 2.65. The van der Waals surface area contributed by atoms with Crippen LogP contribution in [0.2, 0.25) is 0 Å². The number of piperidine rings is 1. The largest absolute Gasteiger partial charge is 0.288 e. The van der Waals surface area contributed by atoms with Gasteiger partial charge in [-0.05, 0) is 31.9 Å². The Balaban J connectivity index is 2.14. The molecular weight excluding hydrogens is 220 g/mol. The molecule has 0 saturated carbocycles. The van der Waals surface area contributed by atoms with Crippen molar-refractivity contribution in [2.75, 3.05) is 6.54 Å². The van der Waals surface area contributed by atoms with E-state index in [-0.39, 0.29) is 6.04 Å². The lowest BCUT2D eigenvalue weighted by Crippen LogP contribution is -2.45. The minimum Gasteiger partial charge on any atom is -0.288 e. The molecule has 1 aromatic carbocycles. The third kappa shape index (κ3) is 2.83. The number of nitrogens with zero attached hydrogens (tertiary/aromatic N) is 1. The summed E-state index contributed by atoms with van der Waals surface area (Å²) in [6, 6.07) is 9.43. The monoisotopic (exact) mass is 239 g/mol. The first-order valence-corrected chi connectivity index (χ1v) is 6.29. The Kier molecular flexibility index (Phi) is 4.11. The van der Waals surface area contributed by atoms with Gasteiger partial charge in [0, 0.05) is 6.04 Å². The van der Waals surface area contributed by atoms with Crippen LogP contribution in [0.4, 0.5) is 8.78 Å². The van der Waals surface area contributed by atoms with E-state index < -0.39 is 12.5 Å². The molecule has 2 rings (SSSR count). The second kappa shape index (κ2) is 5.58. The van der Waals surface area contributed by atoms with E-state index in [1.807, 2.05) is 42.2 Å². The van der Waals surface area contributed by atoms with Crippen molar-refractivity contribution in [3.8, 4) is 0 Å². The zero-order valence-corrected chi connectivity index (χ0v) is 10.2. The molecule has 1 nitrogen and oxygen atoms in total. The van der Waals surface area contributed by atoms with Gasteiger partial charge in [0.25, 0.3) is 6.43 Å². The molecule has 0 aromatic heterocycles.